The number of fused-ring (bicyclic) bond motifs is 1. The van der Waals surface area contributed by atoms with Gasteiger partial charge in [-0.1, -0.05) is 6.07 Å². The Hall–Kier alpha value is -3.09. The number of hydrogen-bond acceptors (Lipinski definition) is 5. The molecule has 0 unspecified atom stereocenters. The van der Waals surface area contributed by atoms with E-state index < -0.39 is 5.60 Å². The fraction of sp³-hybridized carbons (Fsp3) is 0.435. The Balaban J connectivity index is 1.44. The number of nitrogens with one attached hydrogen (secondary N) is 1. The molecule has 7 nitrogen and oxygen atoms in total. The molecule has 2 aliphatic rings. The van der Waals surface area contributed by atoms with Gasteiger partial charge < -0.3 is 19.7 Å². The molecule has 1 aliphatic carbocycles. The molecule has 1 aromatic heterocycles. The van der Waals surface area contributed by atoms with Gasteiger partial charge >= 0.3 is 6.09 Å². The molecule has 1 aromatic carbocycles. The maximum absolute atomic E-state index is 12.4. The van der Waals surface area contributed by atoms with Gasteiger partial charge in [-0.15, -0.1) is 0 Å². The molecule has 1 saturated carbocycles. The summed E-state index contributed by atoms with van der Waals surface area (Å²) in [4.78, 5) is 30.3. The van der Waals surface area contributed by atoms with E-state index in [1.54, 1.807) is 23.2 Å². The highest BCUT2D eigenvalue weighted by molar-refractivity contribution is 5.93. The van der Waals surface area contributed by atoms with Crippen LogP contribution < -0.4 is 10.1 Å². The highest BCUT2D eigenvalue weighted by Crippen LogP contribution is 2.31. The van der Waals surface area contributed by atoms with Crippen molar-refractivity contribution >= 4 is 17.8 Å². The molecule has 7 heteroatoms. The van der Waals surface area contributed by atoms with Gasteiger partial charge in [-0.2, -0.15) is 0 Å². The molecule has 1 fully saturated rings. The first-order chi connectivity index (χ1) is 14.3. The zero-order valence-electron chi connectivity index (χ0n) is 17.6. The van der Waals surface area contributed by atoms with Crippen LogP contribution in [0.5, 0.6) is 11.5 Å². The molecule has 0 atom stereocenters. The minimum Gasteiger partial charge on any atom is -0.457 e. The van der Waals surface area contributed by atoms with Gasteiger partial charge in [0, 0.05) is 31.3 Å². The van der Waals surface area contributed by atoms with Gasteiger partial charge in [0.15, 0.2) is 0 Å². The zero-order valence-corrected chi connectivity index (χ0v) is 17.6. The number of ether oxygens (including phenoxy) is 2. The summed E-state index contributed by atoms with van der Waals surface area (Å²) in [7, 11) is 0. The second-order valence-electron chi connectivity index (χ2n) is 8.82. The lowest BCUT2D eigenvalue weighted by atomic mass is 10.00. The van der Waals surface area contributed by atoms with Crippen LogP contribution in [0.15, 0.2) is 36.5 Å². The van der Waals surface area contributed by atoms with Crippen molar-refractivity contribution in [2.75, 3.05) is 11.9 Å². The van der Waals surface area contributed by atoms with Crippen LogP contribution in [-0.4, -0.2) is 34.0 Å². The highest BCUT2D eigenvalue weighted by Gasteiger charge is 2.30. The van der Waals surface area contributed by atoms with Gasteiger partial charge in [-0.25, -0.2) is 9.78 Å². The Morgan fingerprint density at radius 3 is 2.60 bits per heavy atom. The molecule has 4 rings (SSSR count). The second kappa shape index (κ2) is 7.97. The fourth-order valence-electron chi connectivity index (χ4n) is 3.33. The molecular weight excluding hydrogens is 382 g/mol. The summed E-state index contributed by atoms with van der Waals surface area (Å²) < 4.78 is 11.5. The minimum absolute atomic E-state index is 0.00988. The number of nitrogens with zero attached hydrogens (tertiary/aromatic N) is 2. The van der Waals surface area contributed by atoms with E-state index in [1.165, 1.54) is 5.56 Å². The van der Waals surface area contributed by atoms with Gasteiger partial charge in [-0.3, -0.25) is 4.79 Å². The quantitative estimate of drug-likeness (QED) is 0.803. The molecule has 158 valence electrons. The first-order valence-electron chi connectivity index (χ1n) is 10.3. The number of amides is 2. The summed E-state index contributed by atoms with van der Waals surface area (Å²) in [6.45, 7) is 6.72. The van der Waals surface area contributed by atoms with Crippen molar-refractivity contribution < 1.29 is 19.1 Å². The van der Waals surface area contributed by atoms with Crippen molar-refractivity contribution in [1.82, 2.24) is 9.88 Å². The van der Waals surface area contributed by atoms with E-state index in [4.69, 9.17) is 9.47 Å². The van der Waals surface area contributed by atoms with Gasteiger partial charge in [0.1, 0.15) is 22.9 Å². The molecular formula is C23H27N3O4. The molecule has 2 amide bonds. The Kier molecular flexibility index (Phi) is 5.37. The average Bonchev–Trinajstić information content (AvgIpc) is 3.52. The maximum atomic E-state index is 12.4. The molecule has 2 heterocycles. The highest BCUT2D eigenvalue weighted by atomic mass is 16.6. The first kappa shape index (κ1) is 20.2. The van der Waals surface area contributed by atoms with Crippen LogP contribution in [0.1, 0.15) is 44.7 Å². The third kappa shape index (κ3) is 5.09. The van der Waals surface area contributed by atoms with Crippen LogP contribution in [0.2, 0.25) is 0 Å². The van der Waals surface area contributed by atoms with Crippen molar-refractivity contribution in [2.45, 2.75) is 52.2 Å². The average molecular weight is 409 g/mol. The van der Waals surface area contributed by atoms with Crippen molar-refractivity contribution in [3.63, 3.8) is 0 Å². The summed E-state index contributed by atoms with van der Waals surface area (Å²) in [5, 5.41) is 2.83. The summed E-state index contributed by atoms with van der Waals surface area (Å²) >= 11 is 0. The van der Waals surface area contributed by atoms with Crippen molar-refractivity contribution in [2.24, 2.45) is 5.92 Å². The molecule has 1 N–H and O–H groups in total. The number of hydrogen-bond donors (Lipinski definition) is 1. The van der Waals surface area contributed by atoms with Gasteiger partial charge in [0.25, 0.3) is 0 Å². The molecule has 1 aliphatic heterocycles. The number of pyridine rings is 1. The number of anilines is 1. The van der Waals surface area contributed by atoms with Gasteiger partial charge in [0.05, 0.1) is 0 Å². The van der Waals surface area contributed by atoms with Crippen LogP contribution in [0, 0.1) is 5.92 Å². The predicted molar refractivity (Wildman–Crippen MR) is 112 cm³/mol. The minimum atomic E-state index is -0.518. The summed E-state index contributed by atoms with van der Waals surface area (Å²) in [6, 6.07) is 9.37. The third-order valence-corrected chi connectivity index (χ3v) is 5.01. The van der Waals surface area contributed by atoms with Crippen LogP contribution in [0.3, 0.4) is 0 Å². The van der Waals surface area contributed by atoms with E-state index in [2.05, 4.69) is 10.3 Å². The van der Waals surface area contributed by atoms with Crippen LogP contribution in [0.4, 0.5) is 10.6 Å². The molecule has 0 bridgehead atoms. The topological polar surface area (TPSA) is 80.8 Å². The predicted octanol–water partition coefficient (Wildman–Crippen LogP) is 4.52. The Labute approximate surface area is 176 Å². The number of carbonyl (C=O) groups is 2. The van der Waals surface area contributed by atoms with E-state index in [0.717, 1.165) is 24.8 Å². The summed E-state index contributed by atoms with van der Waals surface area (Å²) in [6.07, 6.45) is 3.97. The van der Waals surface area contributed by atoms with E-state index in [1.807, 2.05) is 39.0 Å². The molecule has 0 saturated heterocycles. The Morgan fingerprint density at radius 1 is 1.10 bits per heavy atom. The fourth-order valence-corrected chi connectivity index (χ4v) is 3.33. The first-order valence-corrected chi connectivity index (χ1v) is 10.3. The van der Waals surface area contributed by atoms with Crippen LogP contribution in [0.25, 0.3) is 0 Å². The normalized spacial score (nSPS) is 15.9. The maximum Gasteiger partial charge on any atom is 0.410 e. The van der Waals surface area contributed by atoms with Gasteiger partial charge in [-0.05, 0) is 69.4 Å². The smallest absolute Gasteiger partial charge is 0.410 e. The lowest BCUT2D eigenvalue weighted by molar-refractivity contribution is -0.117. The number of rotatable bonds is 4. The molecule has 0 radical (unpaired) electrons. The largest absolute Gasteiger partial charge is 0.457 e. The lowest BCUT2D eigenvalue weighted by Gasteiger charge is -2.31. The van der Waals surface area contributed by atoms with Crippen molar-refractivity contribution in [1.29, 1.82) is 0 Å². The van der Waals surface area contributed by atoms with Crippen molar-refractivity contribution in [3.05, 3.63) is 47.7 Å². The van der Waals surface area contributed by atoms with E-state index in [9.17, 15) is 9.59 Å². The van der Waals surface area contributed by atoms with E-state index in [0.29, 0.717) is 30.4 Å². The molecule has 2 aromatic rings. The SMILES string of the molecule is CC(C)(C)OC(=O)N1CCc2ccc(Oc3ccnc(NC(=O)C4CC4)c3)cc2C1. The second-order valence-corrected chi connectivity index (χ2v) is 8.82. The van der Waals surface area contributed by atoms with E-state index >= 15 is 0 Å². The third-order valence-electron chi connectivity index (χ3n) is 5.01. The molecule has 0 spiro atoms. The number of benzene rings is 1. The summed E-state index contributed by atoms with van der Waals surface area (Å²) in [5.41, 5.74) is 1.73. The standard InChI is InChI=1S/C23H27N3O4/c1-23(2,3)30-22(28)26-11-9-15-6-7-18(12-17(15)14-26)29-19-8-10-24-20(13-19)25-21(27)16-4-5-16/h6-8,10,12-13,16H,4-5,9,11,14H2,1-3H3,(H,24,25,27). The van der Waals surface area contributed by atoms with Gasteiger partial charge in [0.2, 0.25) is 5.91 Å². The molecule has 30 heavy (non-hydrogen) atoms. The van der Waals surface area contributed by atoms with Crippen LogP contribution in [-0.2, 0) is 22.5 Å². The summed E-state index contributed by atoms with van der Waals surface area (Å²) in [5.74, 6) is 1.88. The Morgan fingerprint density at radius 2 is 1.87 bits per heavy atom. The lowest BCUT2D eigenvalue weighted by Crippen LogP contribution is -2.39. The zero-order chi connectivity index (χ0) is 21.3. The number of carbonyl (C=O) groups excluding carboxylic acids is 2. The van der Waals surface area contributed by atoms with E-state index in [-0.39, 0.29) is 17.9 Å². The van der Waals surface area contributed by atoms with Crippen molar-refractivity contribution in [3.8, 4) is 11.5 Å². The monoisotopic (exact) mass is 409 g/mol. The number of aromatic nitrogens is 1. The Bertz CT molecular complexity index is 963. The van der Waals surface area contributed by atoms with Crippen LogP contribution >= 0.6 is 0 Å².